The van der Waals surface area contributed by atoms with Crippen LogP contribution in [0.3, 0.4) is 0 Å². The van der Waals surface area contributed by atoms with E-state index in [-0.39, 0.29) is 5.82 Å². The van der Waals surface area contributed by atoms with E-state index < -0.39 is 18.0 Å². The summed E-state index contributed by atoms with van der Waals surface area (Å²) in [5.74, 6) is 0.298. The summed E-state index contributed by atoms with van der Waals surface area (Å²) in [5, 5.41) is 17.7. The molecule has 2 amide bonds. The average Bonchev–Trinajstić information content (AvgIpc) is 3.00. The highest BCUT2D eigenvalue weighted by Gasteiger charge is 2.20. The highest BCUT2D eigenvalue weighted by molar-refractivity contribution is 7.98. The topological polar surface area (TPSA) is 104 Å². The lowest BCUT2D eigenvalue weighted by atomic mass is 10.2. The summed E-state index contributed by atoms with van der Waals surface area (Å²) in [6, 6.07) is 9.32. The van der Waals surface area contributed by atoms with Crippen LogP contribution in [0.15, 0.2) is 40.9 Å². The van der Waals surface area contributed by atoms with E-state index >= 15 is 0 Å². The number of nitrogens with one attached hydrogen (secondary N) is 2. The van der Waals surface area contributed by atoms with Crippen molar-refractivity contribution in [3.05, 3.63) is 36.4 Å². The van der Waals surface area contributed by atoms with E-state index in [1.54, 1.807) is 6.07 Å². The number of carboxylic acid groups (broad SMARTS) is 1. The van der Waals surface area contributed by atoms with Gasteiger partial charge in [0.2, 0.25) is 0 Å². The van der Waals surface area contributed by atoms with Gasteiger partial charge in [-0.05, 0) is 18.4 Å². The van der Waals surface area contributed by atoms with Crippen molar-refractivity contribution in [2.75, 3.05) is 17.3 Å². The van der Waals surface area contributed by atoms with E-state index in [0.717, 1.165) is 5.56 Å². The maximum atomic E-state index is 11.9. The molecule has 1 aromatic heterocycles. The molecule has 0 saturated carbocycles. The van der Waals surface area contributed by atoms with Gasteiger partial charge in [-0.2, -0.15) is 11.8 Å². The lowest BCUT2D eigenvalue weighted by Crippen LogP contribution is -2.43. The first-order valence-corrected chi connectivity index (χ1v) is 8.31. The van der Waals surface area contributed by atoms with Gasteiger partial charge in [-0.1, -0.05) is 35.5 Å². The predicted molar refractivity (Wildman–Crippen MR) is 88.5 cm³/mol. The maximum Gasteiger partial charge on any atom is 0.326 e. The molecule has 1 heterocycles. The number of thioether (sulfide) groups is 1. The Hall–Kier alpha value is -2.48. The van der Waals surface area contributed by atoms with Gasteiger partial charge in [0, 0.05) is 11.6 Å². The van der Waals surface area contributed by atoms with Gasteiger partial charge in [0.1, 0.15) is 6.04 Å². The minimum atomic E-state index is -1.07. The van der Waals surface area contributed by atoms with Crippen LogP contribution in [0, 0.1) is 0 Å². The largest absolute Gasteiger partial charge is 0.480 e. The number of urea groups is 1. The Labute approximate surface area is 137 Å². The first-order chi connectivity index (χ1) is 11.1. The third-order valence-corrected chi connectivity index (χ3v) is 3.67. The molecule has 2 rings (SSSR count). The summed E-state index contributed by atoms with van der Waals surface area (Å²) in [6.07, 6.45) is 2.22. The van der Waals surface area contributed by atoms with Crippen molar-refractivity contribution >= 4 is 29.6 Å². The standard InChI is InChI=1S/C15H17N3O4S/c1-23-8-7-11(14(19)20)16-15(21)17-13-9-12(22-18-13)10-5-3-2-4-6-10/h2-6,9,11H,7-8H2,1H3,(H,19,20)(H2,16,17,18,21). The number of carbonyl (C=O) groups is 2. The number of nitrogens with zero attached hydrogens (tertiary/aromatic N) is 1. The molecule has 0 aliphatic carbocycles. The van der Waals surface area contributed by atoms with E-state index in [1.807, 2.05) is 36.6 Å². The Kier molecular flexibility index (Phi) is 6.04. The van der Waals surface area contributed by atoms with Gasteiger partial charge in [0.15, 0.2) is 11.6 Å². The summed E-state index contributed by atoms with van der Waals surface area (Å²) in [6.45, 7) is 0. The second-order valence-electron chi connectivity index (χ2n) is 4.71. The number of carbonyl (C=O) groups excluding carboxylic acids is 1. The summed E-state index contributed by atoms with van der Waals surface area (Å²) in [4.78, 5) is 23.0. The molecule has 8 heteroatoms. The molecule has 3 N–H and O–H groups in total. The number of hydrogen-bond acceptors (Lipinski definition) is 5. The molecule has 0 bridgehead atoms. The minimum absolute atomic E-state index is 0.218. The second-order valence-corrected chi connectivity index (χ2v) is 5.70. The third-order valence-electron chi connectivity index (χ3n) is 3.02. The van der Waals surface area contributed by atoms with E-state index in [4.69, 9.17) is 9.63 Å². The van der Waals surface area contributed by atoms with Crippen LogP contribution in [0.2, 0.25) is 0 Å². The lowest BCUT2D eigenvalue weighted by molar-refractivity contribution is -0.139. The fourth-order valence-electron chi connectivity index (χ4n) is 1.88. The van der Waals surface area contributed by atoms with Crippen LogP contribution >= 0.6 is 11.8 Å². The van der Waals surface area contributed by atoms with E-state index in [1.165, 1.54) is 11.8 Å². The predicted octanol–water partition coefficient (Wildman–Crippen LogP) is 2.67. The Morgan fingerprint density at radius 2 is 2.09 bits per heavy atom. The van der Waals surface area contributed by atoms with Crippen molar-refractivity contribution in [2.45, 2.75) is 12.5 Å². The molecule has 0 spiro atoms. The number of anilines is 1. The number of amides is 2. The monoisotopic (exact) mass is 335 g/mol. The first-order valence-electron chi connectivity index (χ1n) is 6.91. The van der Waals surface area contributed by atoms with Crippen molar-refractivity contribution in [3.63, 3.8) is 0 Å². The Morgan fingerprint density at radius 1 is 1.35 bits per heavy atom. The van der Waals surface area contributed by atoms with Crippen LogP contribution in [0.25, 0.3) is 11.3 Å². The third kappa shape index (κ3) is 5.03. The summed E-state index contributed by atoms with van der Waals surface area (Å²) >= 11 is 1.52. The van der Waals surface area contributed by atoms with Gasteiger partial charge >= 0.3 is 12.0 Å². The normalized spacial score (nSPS) is 11.7. The fourth-order valence-corrected chi connectivity index (χ4v) is 2.35. The molecule has 23 heavy (non-hydrogen) atoms. The molecule has 0 fully saturated rings. The molecule has 0 aliphatic heterocycles. The zero-order chi connectivity index (χ0) is 16.7. The molecule has 1 aromatic carbocycles. The molecule has 7 nitrogen and oxygen atoms in total. The number of benzene rings is 1. The van der Waals surface area contributed by atoms with Crippen molar-refractivity contribution in [1.29, 1.82) is 0 Å². The first kappa shape index (κ1) is 16.9. The number of rotatable bonds is 7. The van der Waals surface area contributed by atoms with Gasteiger partial charge in [-0.15, -0.1) is 0 Å². The van der Waals surface area contributed by atoms with Crippen LogP contribution in [0.5, 0.6) is 0 Å². The number of carboxylic acids is 1. The zero-order valence-electron chi connectivity index (χ0n) is 12.5. The Morgan fingerprint density at radius 3 is 2.74 bits per heavy atom. The van der Waals surface area contributed by atoms with Gasteiger partial charge < -0.3 is 14.9 Å². The lowest BCUT2D eigenvalue weighted by Gasteiger charge is -2.13. The Bertz CT molecular complexity index is 660. The Balaban J connectivity index is 1.95. The minimum Gasteiger partial charge on any atom is -0.480 e. The molecule has 2 aromatic rings. The van der Waals surface area contributed by atoms with Crippen molar-refractivity contribution in [3.8, 4) is 11.3 Å². The van der Waals surface area contributed by atoms with Crippen molar-refractivity contribution in [1.82, 2.24) is 10.5 Å². The maximum absolute atomic E-state index is 11.9. The molecular weight excluding hydrogens is 318 g/mol. The quantitative estimate of drug-likeness (QED) is 0.718. The molecular formula is C15H17N3O4S. The number of hydrogen-bond donors (Lipinski definition) is 3. The van der Waals surface area contributed by atoms with Crippen LogP contribution in [0.4, 0.5) is 10.6 Å². The van der Waals surface area contributed by atoms with Crippen LogP contribution in [0.1, 0.15) is 6.42 Å². The number of aliphatic carboxylic acids is 1. The van der Waals surface area contributed by atoms with Crippen molar-refractivity contribution < 1.29 is 19.2 Å². The van der Waals surface area contributed by atoms with Crippen LogP contribution in [-0.4, -0.2) is 40.3 Å². The van der Waals surface area contributed by atoms with Gasteiger partial charge in [-0.25, -0.2) is 9.59 Å². The van der Waals surface area contributed by atoms with E-state index in [2.05, 4.69) is 15.8 Å². The molecule has 1 unspecified atom stereocenters. The van der Waals surface area contributed by atoms with Gasteiger partial charge in [-0.3, -0.25) is 5.32 Å². The van der Waals surface area contributed by atoms with Crippen molar-refractivity contribution in [2.24, 2.45) is 0 Å². The zero-order valence-corrected chi connectivity index (χ0v) is 13.3. The van der Waals surface area contributed by atoms with Gasteiger partial charge in [0.25, 0.3) is 0 Å². The summed E-state index contributed by atoms with van der Waals surface area (Å²) in [7, 11) is 0. The van der Waals surface area contributed by atoms with Crippen LogP contribution < -0.4 is 10.6 Å². The van der Waals surface area contributed by atoms with Crippen LogP contribution in [-0.2, 0) is 4.79 Å². The average molecular weight is 335 g/mol. The molecule has 122 valence electrons. The van der Waals surface area contributed by atoms with E-state index in [9.17, 15) is 9.59 Å². The molecule has 0 aliphatic rings. The SMILES string of the molecule is CSCCC(NC(=O)Nc1cc(-c2ccccc2)on1)C(=O)O. The summed E-state index contributed by atoms with van der Waals surface area (Å²) < 4.78 is 5.16. The molecule has 0 saturated heterocycles. The van der Waals surface area contributed by atoms with Gasteiger partial charge in [0.05, 0.1) is 0 Å². The summed E-state index contributed by atoms with van der Waals surface area (Å²) in [5.41, 5.74) is 0.830. The smallest absolute Gasteiger partial charge is 0.326 e. The second kappa shape index (κ2) is 8.23. The number of aromatic nitrogens is 1. The highest BCUT2D eigenvalue weighted by Crippen LogP contribution is 2.21. The van der Waals surface area contributed by atoms with E-state index in [0.29, 0.717) is 17.9 Å². The molecule has 1 atom stereocenters. The molecule has 0 radical (unpaired) electrons. The highest BCUT2D eigenvalue weighted by atomic mass is 32.2. The fraction of sp³-hybridized carbons (Fsp3) is 0.267.